The lowest BCUT2D eigenvalue weighted by Crippen LogP contribution is -2.49. The number of hydrogen-bond acceptors (Lipinski definition) is 8. The van der Waals surface area contributed by atoms with Gasteiger partial charge in [0.1, 0.15) is 6.04 Å². The molecule has 1 aliphatic rings. The van der Waals surface area contributed by atoms with Gasteiger partial charge in [-0.2, -0.15) is 0 Å². The van der Waals surface area contributed by atoms with Crippen LogP contribution < -0.4 is 0 Å². The maximum Gasteiger partial charge on any atom is 0.412 e. The normalized spacial score (nSPS) is 16.6. The number of allylic oxidation sites excluding steroid dienone is 1. The van der Waals surface area contributed by atoms with Crippen LogP contribution in [-0.2, 0) is 28.6 Å². The summed E-state index contributed by atoms with van der Waals surface area (Å²) in [5, 5.41) is 0. The molecule has 1 heterocycles. The molecule has 0 aromatic carbocycles. The highest BCUT2D eigenvalue weighted by molar-refractivity contribution is 5.95. The smallest absolute Gasteiger partial charge is 0.412 e. The lowest BCUT2D eigenvalue weighted by Gasteiger charge is -2.29. The number of esters is 2. The zero-order valence-corrected chi connectivity index (χ0v) is 20.7. The topological polar surface area (TPSA) is 115 Å². The third kappa shape index (κ3) is 8.99. The highest BCUT2D eigenvalue weighted by atomic mass is 16.7. The Bertz CT molecular complexity index is 779. The fraction of sp³-hybridized carbons (Fsp3) is 0.625. The summed E-state index contributed by atoms with van der Waals surface area (Å²) in [4.78, 5) is 56.4. The molecule has 34 heavy (non-hydrogen) atoms. The standard InChI is InChI=1S/C24H37N3O7/c1-7-11-20(28)34-21(17(4)5)22(29)27-14-10-12-19(27)23(30)32-16-33-24(31)26(6)15-13-18(8-2)25-9-3/h8-9,17,19,21H,2-3,7,10-16H2,1,4-6H3/t19-,21+/m1/s1. The van der Waals surface area contributed by atoms with Crippen molar-refractivity contribution in [1.82, 2.24) is 9.80 Å². The monoisotopic (exact) mass is 479 g/mol. The van der Waals surface area contributed by atoms with Gasteiger partial charge in [0.2, 0.25) is 6.79 Å². The van der Waals surface area contributed by atoms with Gasteiger partial charge in [-0.3, -0.25) is 14.6 Å². The van der Waals surface area contributed by atoms with E-state index in [1.165, 1.54) is 16.0 Å². The fourth-order valence-electron chi connectivity index (χ4n) is 3.37. The van der Waals surface area contributed by atoms with Gasteiger partial charge in [-0.05, 0) is 31.3 Å². The van der Waals surface area contributed by atoms with Crippen molar-refractivity contribution in [3.63, 3.8) is 0 Å². The largest absolute Gasteiger partial charge is 0.452 e. The van der Waals surface area contributed by atoms with E-state index >= 15 is 0 Å². The molecule has 0 aromatic rings. The second-order valence-electron chi connectivity index (χ2n) is 8.26. The first kappa shape index (κ1) is 28.9. The number of nitrogens with zero attached hydrogens (tertiary/aromatic N) is 3. The predicted molar refractivity (Wildman–Crippen MR) is 127 cm³/mol. The lowest BCUT2D eigenvalue weighted by molar-refractivity contribution is -0.168. The maximum absolute atomic E-state index is 13.0. The van der Waals surface area contributed by atoms with E-state index in [9.17, 15) is 19.2 Å². The summed E-state index contributed by atoms with van der Waals surface area (Å²) in [6.45, 7) is 12.7. The van der Waals surface area contributed by atoms with Gasteiger partial charge in [-0.1, -0.05) is 33.9 Å². The Morgan fingerprint density at radius 3 is 2.47 bits per heavy atom. The summed E-state index contributed by atoms with van der Waals surface area (Å²) >= 11 is 0. The van der Waals surface area contributed by atoms with Crippen LogP contribution in [0.25, 0.3) is 0 Å². The maximum atomic E-state index is 13.0. The molecule has 0 aromatic heterocycles. The Hall–Kier alpha value is -3.17. The summed E-state index contributed by atoms with van der Waals surface area (Å²) in [5.41, 5.74) is 0.673. The Kier molecular flexibility index (Phi) is 12.6. The average Bonchev–Trinajstić information content (AvgIpc) is 3.29. The molecule has 0 bridgehead atoms. The summed E-state index contributed by atoms with van der Waals surface area (Å²) in [6.07, 6.45) is 3.65. The van der Waals surface area contributed by atoms with E-state index in [4.69, 9.17) is 14.2 Å². The molecule has 1 rings (SSSR count). The quantitative estimate of drug-likeness (QED) is 0.226. The Morgan fingerprint density at radius 1 is 1.18 bits per heavy atom. The van der Waals surface area contributed by atoms with E-state index in [1.54, 1.807) is 27.0 Å². The predicted octanol–water partition coefficient (Wildman–Crippen LogP) is 3.08. The summed E-state index contributed by atoms with van der Waals surface area (Å²) in [6, 6.07) is -0.819. The van der Waals surface area contributed by atoms with Crippen molar-refractivity contribution >= 4 is 29.7 Å². The van der Waals surface area contributed by atoms with Gasteiger partial charge in [0.05, 0.1) is 0 Å². The van der Waals surface area contributed by atoms with Gasteiger partial charge in [0, 0.05) is 44.9 Å². The minimum Gasteiger partial charge on any atom is -0.452 e. The molecule has 10 nitrogen and oxygen atoms in total. The molecule has 1 aliphatic heterocycles. The van der Waals surface area contributed by atoms with Crippen molar-refractivity contribution in [2.75, 3.05) is 26.9 Å². The second-order valence-corrected chi connectivity index (χ2v) is 8.26. The van der Waals surface area contributed by atoms with Crippen molar-refractivity contribution in [1.29, 1.82) is 0 Å². The molecule has 0 unspecified atom stereocenters. The first-order valence-electron chi connectivity index (χ1n) is 11.5. The minimum absolute atomic E-state index is 0.220. The van der Waals surface area contributed by atoms with Crippen LogP contribution in [0.2, 0.25) is 0 Å². The number of carbonyl (C=O) groups excluding carboxylic acids is 4. The number of amides is 2. The minimum atomic E-state index is -0.969. The lowest BCUT2D eigenvalue weighted by atomic mass is 10.1. The van der Waals surface area contributed by atoms with Crippen LogP contribution in [0.15, 0.2) is 30.4 Å². The van der Waals surface area contributed by atoms with Gasteiger partial charge in [0.25, 0.3) is 5.91 Å². The highest BCUT2D eigenvalue weighted by Crippen LogP contribution is 2.23. The second kappa shape index (κ2) is 14.9. The molecule has 190 valence electrons. The molecular weight excluding hydrogens is 442 g/mol. The number of carbonyl (C=O) groups is 4. The number of hydrogen-bond donors (Lipinski definition) is 0. The van der Waals surface area contributed by atoms with Gasteiger partial charge >= 0.3 is 18.0 Å². The number of likely N-dealkylation sites (tertiary alicyclic amines) is 1. The first-order chi connectivity index (χ1) is 16.2. The number of rotatable bonds is 13. The zero-order valence-electron chi connectivity index (χ0n) is 20.7. The number of aliphatic imine (C=N–C) groups is 1. The summed E-state index contributed by atoms with van der Waals surface area (Å²) in [5.74, 6) is -1.79. The van der Waals surface area contributed by atoms with Crippen LogP contribution in [0.3, 0.4) is 0 Å². The van der Waals surface area contributed by atoms with Crippen LogP contribution in [0, 0.1) is 5.92 Å². The molecule has 1 saturated heterocycles. The van der Waals surface area contributed by atoms with E-state index < -0.39 is 42.9 Å². The van der Waals surface area contributed by atoms with Crippen LogP contribution in [0.1, 0.15) is 52.9 Å². The first-order valence-corrected chi connectivity index (χ1v) is 11.5. The van der Waals surface area contributed by atoms with Crippen molar-refractivity contribution < 1.29 is 33.4 Å². The van der Waals surface area contributed by atoms with Gasteiger partial charge < -0.3 is 24.0 Å². The molecule has 0 spiro atoms. The summed E-state index contributed by atoms with van der Waals surface area (Å²) < 4.78 is 15.5. The highest BCUT2D eigenvalue weighted by Gasteiger charge is 2.40. The van der Waals surface area contributed by atoms with E-state index in [0.717, 1.165) is 0 Å². The van der Waals surface area contributed by atoms with Gasteiger partial charge in [0.15, 0.2) is 6.10 Å². The zero-order chi connectivity index (χ0) is 25.7. The van der Waals surface area contributed by atoms with Crippen molar-refractivity contribution in [3.8, 4) is 0 Å². The third-order valence-electron chi connectivity index (χ3n) is 5.26. The molecule has 2 atom stereocenters. The summed E-state index contributed by atoms with van der Waals surface area (Å²) in [7, 11) is 1.54. The Labute approximate surface area is 201 Å². The third-order valence-corrected chi connectivity index (χ3v) is 5.26. The molecule has 0 aliphatic carbocycles. The Balaban J connectivity index is 2.60. The van der Waals surface area contributed by atoms with E-state index in [1.807, 2.05) is 6.92 Å². The molecule has 1 fully saturated rings. The van der Waals surface area contributed by atoms with Crippen molar-refractivity contribution in [2.24, 2.45) is 10.9 Å². The van der Waals surface area contributed by atoms with Crippen LogP contribution in [-0.4, -0.2) is 78.5 Å². The van der Waals surface area contributed by atoms with E-state index in [2.05, 4.69) is 18.2 Å². The average molecular weight is 480 g/mol. The van der Waals surface area contributed by atoms with Crippen LogP contribution in [0.4, 0.5) is 4.79 Å². The van der Waals surface area contributed by atoms with Gasteiger partial charge in [-0.15, -0.1) is 0 Å². The molecule has 0 radical (unpaired) electrons. The molecular formula is C24H37N3O7. The molecule has 0 N–H and O–H groups in total. The molecule has 10 heteroatoms. The van der Waals surface area contributed by atoms with E-state index in [-0.39, 0.29) is 12.3 Å². The fourth-order valence-corrected chi connectivity index (χ4v) is 3.37. The van der Waals surface area contributed by atoms with Crippen molar-refractivity contribution in [2.45, 2.75) is 65.0 Å². The number of ether oxygens (including phenoxy) is 3. The van der Waals surface area contributed by atoms with Crippen molar-refractivity contribution in [3.05, 3.63) is 25.4 Å². The Morgan fingerprint density at radius 2 is 1.88 bits per heavy atom. The SMILES string of the molecule is C=CN=C(C=C)CCN(C)C(=O)OCOC(=O)[C@H]1CCCN1C(=O)[C@@H](OC(=O)CCC)C(C)C. The van der Waals surface area contributed by atoms with Crippen LogP contribution in [0.5, 0.6) is 0 Å². The molecule has 0 saturated carbocycles. The van der Waals surface area contributed by atoms with Gasteiger partial charge in [-0.25, -0.2) is 9.59 Å². The van der Waals surface area contributed by atoms with Crippen LogP contribution >= 0.6 is 0 Å². The molecule has 2 amide bonds. The van der Waals surface area contributed by atoms with E-state index in [0.29, 0.717) is 44.5 Å².